The highest BCUT2D eigenvalue weighted by molar-refractivity contribution is 6.47. The molecule has 214 valence electrons. The van der Waals surface area contributed by atoms with Gasteiger partial charge in [-0.1, -0.05) is 148 Å². The first-order valence-electron chi connectivity index (χ1n) is 16.8. The van der Waals surface area contributed by atoms with Crippen LogP contribution in [0.1, 0.15) is 179 Å². The minimum absolute atomic E-state index is 0.515. The second-order valence-electron chi connectivity index (χ2n) is 11.4. The Bertz CT molecular complexity index is 626. The predicted molar refractivity (Wildman–Crippen MR) is 169 cm³/mol. The Hall–Kier alpha value is -0.603. The average molecular weight is 529 g/mol. The number of rotatable bonds is 27. The van der Waals surface area contributed by atoms with E-state index in [1.54, 1.807) is 16.7 Å². The fraction of sp³-hybridized carbons (Fsp3) is 0.829. The summed E-state index contributed by atoms with van der Waals surface area (Å²) in [6.45, 7) is 9.90. The zero-order valence-corrected chi connectivity index (χ0v) is 26.7. The molecule has 2 radical (unpaired) electrons. The lowest BCUT2D eigenvalue weighted by atomic mass is 9.90. The van der Waals surface area contributed by atoms with E-state index in [0.29, 0.717) is 9.76 Å². The molecule has 0 unspecified atom stereocenters. The molecule has 0 aliphatic carbocycles. The van der Waals surface area contributed by atoms with Crippen molar-refractivity contribution in [1.82, 2.24) is 0 Å². The molecular formula is C35H64OSi. The minimum Gasteiger partial charge on any atom is -0.412 e. The van der Waals surface area contributed by atoms with E-state index in [-0.39, 0.29) is 0 Å². The van der Waals surface area contributed by atoms with Crippen molar-refractivity contribution >= 4 is 14.9 Å². The van der Waals surface area contributed by atoms with Crippen LogP contribution in [0.5, 0.6) is 0 Å². The first kappa shape index (κ1) is 34.4. The SMILES string of the molecule is CCCCCCCCCc1ccc([Si]OCC)c(CCCCCCCCC)c1CCCCCCCCC. The number of aryl methyl sites for hydroxylation is 1. The highest BCUT2D eigenvalue weighted by Gasteiger charge is 2.14. The molecule has 2 heteroatoms. The standard InChI is InChI=1S/C35H64OSi/c1-5-9-12-15-18-21-24-27-32-30-31-35(37-36-8-4)34(29-26-23-20-17-14-11-7-3)33(32)28-25-22-19-16-13-10-6-2/h30-31H,5-29H2,1-4H3. The number of hydrogen-bond acceptors (Lipinski definition) is 1. The van der Waals surface area contributed by atoms with Gasteiger partial charge in [-0.3, -0.25) is 0 Å². The summed E-state index contributed by atoms with van der Waals surface area (Å²) in [5, 5.41) is 1.51. The van der Waals surface area contributed by atoms with Crippen molar-refractivity contribution in [3.8, 4) is 0 Å². The second-order valence-corrected chi connectivity index (χ2v) is 12.4. The molecule has 0 heterocycles. The van der Waals surface area contributed by atoms with E-state index >= 15 is 0 Å². The zero-order valence-electron chi connectivity index (χ0n) is 25.7. The third-order valence-corrected chi connectivity index (χ3v) is 9.09. The fourth-order valence-electron chi connectivity index (χ4n) is 5.61. The van der Waals surface area contributed by atoms with Gasteiger partial charge >= 0.3 is 0 Å². The Balaban J connectivity index is 2.82. The summed E-state index contributed by atoms with van der Waals surface area (Å²) >= 11 is 0. The van der Waals surface area contributed by atoms with Crippen molar-refractivity contribution in [2.45, 2.75) is 182 Å². The van der Waals surface area contributed by atoms with Crippen LogP contribution >= 0.6 is 0 Å². The van der Waals surface area contributed by atoms with Gasteiger partial charge in [-0.25, -0.2) is 0 Å². The summed E-state index contributed by atoms with van der Waals surface area (Å²) < 4.78 is 5.98. The lowest BCUT2D eigenvalue weighted by molar-refractivity contribution is 0.367. The molecule has 0 amide bonds. The number of benzene rings is 1. The van der Waals surface area contributed by atoms with Crippen molar-refractivity contribution in [2.24, 2.45) is 0 Å². The number of unbranched alkanes of at least 4 members (excludes halogenated alkanes) is 18. The molecule has 1 aromatic carbocycles. The molecule has 37 heavy (non-hydrogen) atoms. The van der Waals surface area contributed by atoms with Gasteiger partial charge in [0.2, 0.25) is 0 Å². The summed E-state index contributed by atoms with van der Waals surface area (Å²) in [7, 11) is 0.515. The van der Waals surface area contributed by atoms with Crippen LogP contribution in [0.4, 0.5) is 0 Å². The highest BCUT2D eigenvalue weighted by Crippen LogP contribution is 2.23. The van der Waals surface area contributed by atoms with Crippen LogP contribution in [0.3, 0.4) is 0 Å². The monoisotopic (exact) mass is 528 g/mol. The van der Waals surface area contributed by atoms with Gasteiger partial charge in [0.15, 0.2) is 0 Å². The molecule has 0 aliphatic heterocycles. The van der Waals surface area contributed by atoms with Crippen LogP contribution in [0.2, 0.25) is 0 Å². The second kappa shape index (κ2) is 25.7. The van der Waals surface area contributed by atoms with Gasteiger partial charge in [-0.2, -0.15) is 0 Å². The molecular weight excluding hydrogens is 464 g/mol. The van der Waals surface area contributed by atoms with Gasteiger partial charge in [0, 0.05) is 6.61 Å². The molecule has 0 saturated carbocycles. The topological polar surface area (TPSA) is 9.23 Å². The molecule has 1 nitrogen and oxygen atoms in total. The van der Waals surface area contributed by atoms with Gasteiger partial charge in [0.05, 0.1) is 0 Å². The van der Waals surface area contributed by atoms with Gasteiger partial charge in [-0.15, -0.1) is 0 Å². The lowest BCUT2D eigenvalue weighted by Gasteiger charge is -2.19. The maximum atomic E-state index is 5.98. The van der Waals surface area contributed by atoms with Crippen LogP contribution in [0.15, 0.2) is 12.1 Å². The molecule has 0 spiro atoms. The van der Waals surface area contributed by atoms with E-state index in [1.165, 1.54) is 159 Å². The predicted octanol–water partition coefficient (Wildman–Crippen LogP) is 10.8. The van der Waals surface area contributed by atoms with Crippen molar-refractivity contribution < 1.29 is 4.43 Å². The van der Waals surface area contributed by atoms with E-state index < -0.39 is 0 Å². The first-order chi connectivity index (χ1) is 18.3. The van der Waals surface area contributed by atoms with Crippen molar-refractivity contribution in [3.05, 3.63) is 28.8 Å². The van der Waals surface area contributed by atoms with Gasteiger partial charge < -0.3 is 4.43 Å². The Morgan fingerprint density at radius 1 is 0.459 bits per heavy atom. The average Bonchev–Trinajstić information content (AvgIpc) is 2.91. The van der Waals surface area contributed by atoms with Gasteiger partial charge in [0.1, 0.15) is 0 Å². The maximum Gasteiger partial charge on any atom is 0.268 e. The Morgan fingerprint density at radius 3 is 1.32 bits per heavy atom. The van der Waals surface area contributed by atoms with E-state index in [1.807, 2.05) is 0 Å². The third kappa shape index (κ3) is 17.6. The smallest absolute Gasteiger partial charge is 0.268 e. The summed E-state index contributed by atoms with van der Waals surface area (Å²) in [5.74, 6) is 0. The maximum absolute atomic E-state index is 5.98. The third-order valence-electron chi connectivity index (χ3n) is 7.96. The van der Waals surface area contributed by atoms with Crippen molar-refractivity contribution in [3.63, 3.8) is 0 Å². The normalized spacial score (nSPS) is 11.5. The quantitative estimate of drug-likeness (QED) is 0.0814. The number of hydrogen-bond donors (Lipinski definition) is 0. The molecule has 0 fully saturated rings. The summed E-state index contributed by atoms with van der Waals surface area (Å²) in [4.78, 5) is 0. The zero-order chi connectivity index (χ0) is 26.8. The van der Waals surface area contributed by atoms with Crippen LogP contribution in [0.25, 0.3) is 0 Å². The summed E-state index contributed by atoms with van der Waals surface area (Å²) in [5.41, 5.74) is 5.09. The van der Waals surface area contributed by atoms with Gasteiger partial charge in [0.25, 0.3) is 9.76 Å². The van der Waals surface area contributed by atoms with Crippen LogP contribution in [-0.2, 0) is 23.7 Å². The molecule has 0 atom stereocenters. The molecule has 0 bridgehead atoms. The minimum atomic E-state index is 0.515. The molecule has 0 saturated heterocycles. The van der Waals surface area contributed by atoms with Gasteiger partial charge in [-0.05, 0) is 67.3 Å². The van der Waals surface area contributed by atoms with Crippen molar-refractivity contribution in [2.75, 3.05) is 6.61 Å². The molecule has 1 aromatic rings. The summed E-state index contributed by atoms with van der Waals surface area (Å²) in [6.07, 6.45) is 33.1. The molecule has 0 aromatic heterocycles. The fourth-order valence-corrected chi connectivity index (χ4v) is 6.46. The molecule has 0 aliphatic rings. The Kier molecular flexibility index (Phi) is 23.9. The molecule has 0 N–H and O–H groups in total. The van der Waals surface area contributed by atoms with Crippen LogP contribution in [-0.4, -0.2) is 16.4 Å². The Labute approximate surface area is 236 Å². The van der Waals surface area contributed by atoms with Crippen molar-refractivity contribution in [1.29, 1.82) is 0 Å². The highest BCUT2D eigenvalue weighted by atomic mass is 28.2. The van der Waals surface area contributed by atoms with E-state index in [0.717, 1.165) is 6.61 Å². The first-order valence-corrected chi connectivity index (χ1v) is 17.7. The van der Waals surface area contributed by atoms with Crippen LogP contribution in [0, 0.1) is 0 Å². The van der Waals surface area contributed by atoms with E-state index in [4.69, 9.17) is 4.43 Å². The van der Waals surface area contributed by atoms with E-state index in [2.05, 4.69) is 39.8 Å². The molecule has 1 rings (SSSR count). The van der Waals surface area contributed by atoms with Crippen LogP contribution < -0.4 is 5.19 Å². The lowest BCUT2D eigenvalue weighted by Crippen LogP contribution is -2.25. The largest absolute Gasteiger partial charge is 0.412 e. The summed E-state index contributed by atoms with van der Waals surface area (Å²) in [6, 6.07) is 4.93. The Morgan fingerprint density at radius 2 is 0.865 bits per heavy atom. The van der Waals surface area contributed by atoms with E-state index in [9.17, 15) is 0 Å².